The summed E-state index contributed by atoms with van der Waals surface area (Å²) in [6, 6.07) is 0. The number of methoxy groups -OCH3 is 1. The Morgan fingerprint density at radius 3 is 2.57 bits per heavy atom. The van der Waals surface area contributed by atoms with Crippen LogP contribution in [0.15, 0.2) is 12.7 Å². The van der Waals surface area contributed by atoms with E-state index in [1.165, 1.54) is 5.56 Å². The Morgan fingerprint density at radius 2 is 1.91 bits per heavy atom. The van der Waals surface area contributed by atoms with Gasteiger partial charge in [0.1, 0.15) is 17.1 Å². The van der Waals surface area contributed by atoms with Crippen LogP contribution in [0.3, 0.4) is 0 Å². The van der Waals surface area contributed by atoms with Crippen molar-refractivity contribution in [1.29, 1.82) is 0 Å². The van der Waals surface area contributed by atoms with Crippen LogP contribution in [-0.4, -0.2) is 32.7 Å². The molecule has 0 saturated carbocycles. The highest BCUT2D eigenvalue weighted by atomic mass is 16.7. The maximum absolute atomic E-state index is 6.25. The van der Waals surface area contributed by atoms with Gasteiger partial charge in [-0.3, -0.25) is 0 Å². The van der Waals surface area contributed by atoms with Gasteiger partial charge in [-0.1, -0.05) is 6.58 Å². The summed E-state index contributed by atoms with van der Waals surface area (Å²) in [6.45, 7) is 13.6. The molecule has 1 aromatic rings. The normalized spacial score (nSPS) is 19.9. The van der Waals surface area contributed by atoms with Crippen molar-refractivity contribution in [1.82, 2.24) is 0 Å². The Labute approximate surface area is 139 Å². The quantitative estimate of drug-likeness (QED) is 0.434. The molecule has 2 rings (SSSR count). The molecule has 0 radical (unpaired) electrons. The topological polar surface area (TPSA) is 36.9 Å². The highest BCUT2D eigenvalue weighted by molar-refractivity contribution is 5.59. The van der Waals surface area contributed by atoms with E-state index in [0.717, 1.165) is 41.0 Å². The van der Waals surface area contributed by atoms with E-state index in [9.17, 15) is 0 Å². The molecule has 4 nitrogen and oxygen atoms in total. The van der Waals surface area contributed by atoms with E-state index in [0.29, 0.717) is 13.2 Å². The SMILES string of the molecule is C=C[C@]1(C)CCc2c(C)c(OCOCCOC)c(C)c(C)c2O1. The average molecular weight is 320 g/mol. The largest absolute Gasteiger partial charge is 0.483 e. The number of ether oxygens (including phenoxy) is 4. The van der Waals surface area contributed by atoms with Crippen LogP contribution in [-0.2, 0) is 15.9 Å². The molecular weight excluding hydrogens is 292 g/mol. The second kappa shape index (κ2) is 7.37. The molecule has 0 aromatic heterocycles. The van der Waals surface area contributed by atoms with Crippen molar-refractivity contribution in [2.75, 3.05) is 27.1 Å². The summed E-state index contributed by atoms with van der Waals surface area (Å²) in [7, 11) is 1.66. The van der Waals surface area contributed by atoms with Crippen LogP contribution in [0, 0.1) is 20.8 Å². The van der Waals surface area contributed by atoms with Gasteiger partial charge in [0.15, 0.2) is 6.79 Å². The van der Waals surface area contributed by atoms with Crippen molar-refractivity contribution < 1.29 is 18.9 Å². The number of rotatable bonds is 7. The third-order valence-electron chi connectivity index (χ3n) is 4.67. The van der Waals surface area contributed by atoms with Gasteiger partial charge in [-0.15, -0.1) is 0 Å². The maximum atomic E-state index is 6.25. The zero-order valence-corrected chi connectivity index (χ0v) is 15.0. The van der Waals surface area contributed by atoms with E-state index in [2.05, 4.69) is 34.3 Å². The van der Waals surface area contributed by atoms with Gasteiger partial charge in [-0.2, -0.15) is 0 Å². The Morgan fingerprint density at radius 1 is 1.17 bits per heavy atom. The molecule has 0 spiro atoms. The Kier molecular flexibility index (Phi) is 5.71. The summed E-state index contributed by atoms with van der Waals surface area (Å²) in [4.78, 5) is 0. The van der Waals surface area contributed by atoms with E-state index >= 15 is 0 Å². The molecule has 0 N–H and O–H groups in total. The van der Waals surface area contributed by atoms with Crippen molar-refractivity contribution in [3.05, 3.63) is 34.9 Å². The molecule has 0 amide bonds. The van der Waals surface area contributed by atoms with Gasteiger partial charge in [0.2, 0.25) is 0 Å². The van der Waals surface area contributed by atoms with Crippen LogP contribution in [0.5, 0.6) is 11.5 Å². The summed E-state index contributed by atoms with van der Waals surface area (Å²) in [5.74, 6) is 1.89. The van der Waals surface area contributed by atoms with E-state index in [1.807, 2.05) is 6.08 Å². The zero-order chi connectivity index (χ0) is 17.0. The fourth-order valence-corrected chi connectivity index (χ4v) is 2.91. The lowest BCUT2D eigenvalue weighted by molar-refractivity contribution is -0.00924. The minimum Gasteiger partial charge on any atom is -0.483 e. The number of fused-ring (bicyclic) bond motifs is 1. The monoisotopic (exact) mass is 320 g/mol. The van der Waals surface area contributed by atoms with Crippen molar-refractivity contribution >= 4 is 0 Å². The molecule has 0 saturated heterocycles. The lowest BCUT2D eigenvalue weighted by atomic mass is 9.87. The summed E-state index contributed by atoms with van der Waals surface area (Å²) >= 11 is 0. The van der Waals surface area contributed by atoms with Gasteiger partial charge >= 0.3 is 0 Å². The minimum absolute atomic E-state index is 0.231. The first-order valence-electron chi connectivity index (χ1n) is 8.08. The van der Waals surface area contributed by atoms with Gasteiger partial charge in [0, 0.05) is 12.7 Å². The van der Waals surface area contributed by atoms with Crippen molar-refractivity contribution in [2.24, 2.45) is 0 Å². The summed E-state index contributed by atoms with van der Waals surface area (Å²) in [6.07, 6.45) is 3.79. The predicted molar refractivity (Wildman–Crippen MR) is 91.5 cm³/mol. The molecule has 1 aromatic carbocycles. The first kappa shape index (κ1) is 17.8. The molecule has 4 heteroatoms. The van der Waals surface area contributed by atoms with Crippen LogP contribution >= 0.6 is 0 Å². The molecule has 0 bridgehead atoms. The fourth-order valence-electron chi connectivity index (χ4n) is 2.91. The smallest absolute Gasteiger partial charge is 0.189 e. The van der Waals surface area contributed by atoms with Crippen molar-refractivity contribution in [2.45, 2.75) is 46.1 Å². The van der Waals surface area contributed by atoms with Gasteiger partial charge in [0.25, 0.3) is 0 Å². The number of benzene rings is 1. The second-order valence-electron chi connectivity index (χ2n) is 6.29. The van der Waals surface area contributed by atoms with Crippen LogP contribution in [0.1, 0.15) is 35.6 Å². The lowest BCUT2D eigenvalue weighted by Gasteiger charge is -2.36. The predicted octanol–water partition coefficient (Wildman–Crippen LogP) is 3.88. The van der Waals surface area contributed by atoms with E-state index < -0.39 is 0 Å². The Hall–Kier alpha value is -1.52. The molecule has 128 valence electrons. The lowest BCUT2D eigenvalue weighted by Crippen LogP contribution is -2.34. The van der Waals surface area contributed by atoms with E-state index in [1.54, 1.807) is 7.11 Å². The van der Waals surface area contributed by atoms with Gasteiger partial charge in [-0.05, 0) is 63.3 Å². The first-order valence-corrected chi connectivity index (χ1v) is 8.08. The molecule has 1 atom stereocenters. The first-order chi connectivity index (χ1) is 10.9. The summed E-state index contributed by atoms with van der Waals surface area (Å²) < 4.78 is 22.5. The molecular formula is C19H28O4. The van der Waals surface area contributed by atoms with Crippen molar-refractivity contribution in [3.63, 3.8) is 0 Å². The Balaban J connectivity index is 2.23. The zero-order valence-electron chi connectivity index (χ0n) is 15.0. The molecule has 0 unspecified atom stereocenters. The highest BCUT2D eigenvalue weighted by Crippen LogP contribution is 2.43. The van der Waals surface area contributed by atoms with Gasteiger partial charge in [-0.25, -0.2) is 0 Å². The maximum Gasteiger partial charge on any atom is 0.189 e. The summed E-state index contributed by atoms with van der Waals surface area (Å²) in [5, 5.41) is 0. The fraction of sp³-hybridized carbons (Fsp3) is 0.579. The van der Waals surface area contributed by atoms with Crippen LogP contribution in [0.2, 0.25) is 0 Å². The van der Waals surface area contributed by atoms with Crippen LogP contribution in [0.25, 0.3) is 0 Å². The molecule has 1 aliphatic rings. The number of hydrogen-bond donors (Lipinski definition) is 0. The standard InChI is InChI=1S/C19H28O4/c1-7-19(5)9-8-16-15(4)17(22-12-21-11-10-20-6)13(2)14(3)18(16)23-19/h7H,1,8-12H2,2-6H3/t19-/m1/s1. The molecule has 1 heterocycles. The van der Waals surface area contributed by atoms with Crippen LogP contribution in [0.4, 0.5) is 0 Å². The minimum atomic E-state index is -0.289. The second-order valence-corrected chi connectivity index (χ2v) is 6.29. The average Bonchev–Trinajstić information content (AvgIpc) is 2.55. The van der Waals surface area contributed by atoms with Gasteiger partial charge < -0.3 is 18.9 Å². The van der Waals surface area contributed by atoms with Crippen LogP contribution < -0.4 is 9.47 Å². The van der Waals surface area contributed by atoms with Gasteiger partial charge in [0.05, 0.1) is 13.2 Å². The Bertz CT molecular complexity index is 579. The number of hydrogen-bond acceptors (Lipinski definition) is 4. The third-order valence-corrected chi connectivity index (χ3v) is 4.67. The third kappa shape index (κ3) is 3.70. The molecule has 0 fully saturated rings. The molecule has 1 aliphatic heterocycles. The van der Waals surface area contributed by atoms with Crippen molar-refractivity contribution in [3.8, 4) is 11.5 Å². The molecule has 23 heavy (non-hydrogen) atoms. The molecule has 0 aliphatic carbocycles. The van der Waals surface area contributed by atoms with E-state index in [-0.39, 0.29) is 12.4 Å². The highest BCUT2D eigenvalue weighted by Gasteiger charge is 2.32. The van der Waals surface area contributed by atoms with E-state index in [4.69, 9.17) is 18.9 Å². The summed E-state index contributed by atoms with van der Waals surface area (Å²) in [5.41, 5.74) is 4.32.